The molecule has 0 spiro atoms. The lowest BCUT2D eigenvalue weighted by atomic mass is 10.2. The van der Waals surface area contributed by atoms with Crippen molar-refractivity contribution in [2.45, 2.75) is 29.8 Å². The molecule has 9 nitrogen and oxygen atoms in total. The van der Waals surface area contributed by atoms with E-state index in [9.17, 15) is 21.6 Å². The van der Waals surface area contributed by atoms with Crippen molar-refractivity contribution < 1.29 is 36.2 Å². The van der Waals surface area contributed by atoms with Crippen molar-refractivity contribution in [3.63, 3.8) is 0 Å². The highest BCUT2D eigenvalue weighted by Crippen LogP contribution is 2.27. The van der Waals surface area contributed by atoms with Crippen molar-refractivity contribution >= 4 is 16.0 Å². The highest BCUT2D eigenvalue weighted by molar-refractivity contribution is 7.89. The molecule has 164 valence electrons. The van der Waals surface area contributed by atoms with E-state index in [0.717, 1.165) is 19.5 Å². The largest absolute Gasteiger partial charge is 0.490 e. The smallest absolute Gasteiger partial charge is 0.475 e. The number of nitrogens with zero attached hydrogens (tertiary/aromatic N) is 4. The molecule has 13 heteroatoms. The van der Waals surface area contributed by atoms with Crippen LogP contribution in [0.3, 0.4) is 0 Å². The third-order valence-corrected chi connectivity index (χ3v) is 6.27. The number of sulfonamides is 1. The molecule has 29 heavy (non-hydrogen) atoms. The fraction of sp³-hybridized carbons (Fsp3) is 0.625. The minimum absolute atomic E-state index is 0.126. The van der Waals surface area contributed by atoms with Gasteiger partial charge in [-0.2, -0.15) is 17.5 Å². The van der Waals surface area contributed by atoms with Gasteiger partial charge in [0.1, 0.15) is 0 Å². The van der Waals surface area contributed by atoms with Gasteiger partial charge in [-0.3, -0.25) is 4.90 Å². The van der Waals surface area contributed by atoms with Gasteiger partial charge in [0.15, 0.2) is 5.03 Å². The maximum absolute atomic E-state index is 12.6. The highest BCUT2D eigenvalue weighted by atomic mass is 32.2. The number of rotatable bonds is 5. The topological polar surface area (TPSA) is 105 Å². The maximum Gasteiger partial charge on any atom is 0.490 e. The second-order valence-electron chi connectivity index (χ2n) is 6.67. The molecule has 0 amide bonds. The van der Waals surface area contributed by atoms with Crippen LogP contribution in [0.1, 0.15) is 6.42 Å². The molecule has 3 rings (SSSR count). The SMILES string of the molecule is C=CCO[C@@H]1C[C@H]2CN(S(=O)(=O)c3cn(C)cn3)CCN2C1.O=C(O)C(F)(F)F. The molecule has 1 N–H and O–H groups in total. The Labute approximate surface area is 166 Å². The third-order valence-electron chi connectivity index (χ3n) is 4.52. The van der Waals surface area contributed by atoms with E-state index >= 15 is 0 Å². The summed E-state index contributed by atoms with van der Waals surface area (Å²) in [5.74, 6) is -2.76. The van der Waals surface area contributed by atoms with Crippen LogP contribution < -0.4 is 0 Å². The van der Waals surface area contributed by atoms with Crippen LogP contribution in [-0.2, 0) is 26.6 Å². The van der Waals surface area contributed by atoms with Crippen molar-refractivity contribution in [1.29, 1.82) is 0 Å². The Bertz CT molecular complexity index is 827. The van der Waals surface area contributed by atoms with E-state index in [-0.39, 0.29) is 17.2 Å². The first-order chi connectivity index (χ1) is 13.4. The number of aryl methyl sites for hydroxylation is 1. The Hall–Kier alpha value is -1.96. The monoisotopic (exact) mass is 440 g/mol. The Morgan fingerprint density at radius 3 is 2.59 bits per heavy atom. The Balaban J connectivity index is 0.000000370. The van der Waals surface area contributed by atoms with E-state index in [1.807, 2.05) is 0 Å². The summed E-state index contributed by atoms with van der Waals surface area (Å²) in [6.45, 7) is 6.82. The van der Waals surface area contributed by atoms with E-state index in [0.29, 0.717) is 19.7 Å². The molecule has 0 radical (unpaired) electrons. The van der Waals surface area contributed by atoms with Gasteiger partial charge in [0, 0.05) is 45.5 Å². The fourth-order valence-electron chi connectivity index (χ4n) is 3.17. The number of hydrogen-bond donors (Lipinski definition) is 1. The summed E-state index contributed by atoms with van der Waals surface area (Å²) in [4.78, 5) is 15.2. The number of fused-ring (bicyclic) bond motifs is 1. The van der Waals surface area contributed by atoms with Crippen molar-refractivity contribution in [2.75, 3.05) is 32.8 Å². The molecule has 2 aliphatic heterocycles. The fourth-order valence-corrected chi connectivity index (χ4v) is 4.60. The lowest BCUT2D eigenvalue weighted by Crippen LogP contribution is -2.51. The van der Waals surface area contributed by atoms with Crippen molar-refractivity contribution in [2.24, 2.45) is 7.05 Å². The first-order valence-electron chi connectivity index (χ1n) is 8.70. The van der Waals surface area contributed by atoms with Crippen molar-refractivity contribution in [3.05, 3.63) is 25.2 Å². The average molecular weight is 440 g/mol. The molecular formula is C16H23F3N4O5S. The summed E-state index contributed by atoms with van der Waals surface area (Å²) in [5.41, 5.74) is 0. The van der Waals surface area contributed by atoms with Gasteiger partial charge in [0.05, 0.1) is 19.0 Å². The second kappa shape index (κ2) is 9.24. The summed E-state index contributed by atoms with van der Waals surface area (Å²) >= 11 is 0. The summed E-state index contributed by atoms with van der Waals surface area (Å²) in [7, 11) is -1.73. The van der Waals surface area contributed by atoms with Gasteiger partial charge >= 0.3 is 12.1 Å². The van der Waals surface area contributed by atoms with Crippen LogP contribution in [0.15, 0.2) is 30.2 Å². The highest BCUT2D eigenvalue weighted by Gasteiger charge is 2.40. The molecule has 1 aromatic heterocycles. The van der Waals surface area contributed by atoms with E-state index in [2.05, 4.69) is 16.5 Å². The number of carboxylic acid groups (broad SMARTS) is 1. The van der Waals surface area contributed by atoms with Crippen LogP contribution in [0.2, 0.25) is 0 Å². The number of carboxylic acids is 1. The van der Waals surface area contributed by atoms with E-state index < -0.39 is 22.2 Å². The van der Waals surface area contributed by atoms with Crippen molar-refractivity contribution in [3.8, 4) is 0 Å². The summed E-state index contributed by atoms with van der Waals surface area (Å²) in [6, 6.07) is 0.224. The average Bonchev–Trinajstić information content (AvgIpc) is 3.25. The number of carbonyl (C=O) groups is 1. The quantitative estimate of drug-likeness (QED) is 0.672. The molecule has 0 unspecified atom stereocenters. The number of alkyl halides is 3. The molecule has 0 aromatic carbocycles. The minimum Gasteiger partial charge on any atom is -0.475 e. The van der Waals surface area contributed by atoms with Gasteiger partial charge in [-0.05, 0) is 6.42 Å². The third kappa shape index (κ3) is 6.01. The normalized spacial score (nSPS) is 23.2. The molecular weight excluding hydrogens is 417 g/mol. The van der Waals surface area contributed by atoms with Gasteiger partial charge in [-0.25, -0.2) is 18.2 Å². The molecule has 2 fully saturated rings. The van der Waals surface area contributed by atoms with Crippen LogP contribution in [0.4, 0.5) is 13.2 Å². The zero-order valence-corrected chi connectivity index (χ0v) is 16.6. The molecule has 3 heterocycles. The van der Waals surface area contributed by atoms with Gasteiger partial charge < -0.3 is 14.4 Å². The molecule has 0 aliphatic carbocycles. The number of imidazole rings is 1. The van der Waals surface area contributed by atoms with E-state index in [4.69, 9.17) is 14.6 Å². The predicted molar refractivity (Wildman–Crippen MR) is 95.6 cm³/mol. The molecule has 0 saturated carbocycles. The van der Waals surface area contributed by atoms with Crippen LogP contribution in [-0.4, -0.2) is 89.4 Å². The van der Waals surface area contributed by atoms with Gasteiger partial charge in [0.2, 0.25) is 0 Å². The summed E-state index contributed by atoms with van der Waals surface area (Å²) in [5, 5.41) is 7.25. The maximum atomic E-state index is 12.6. The Kier molecular flexibility index (Phi) is 7.43. The first-order valence-corrected chi connectivity index (χ1v) is 10.1. The zero-order valence-electron chi connectivity index (χ0n) is 15.7. The molecule has 2 atom stereocenters. The molecule has 0 bridgehead atoms. The molecule has 2 saturated heterocycles. The predicted octanol–water partition coefficient (Wildman–Crippen LogP) is 0.703. The van der Waals surface area contributed by atoms with E-state index in [1.54, 1.807) is 28.2 Å². The lowest BCUT2D eigenvalue weighted by Gasteiger charge is -2.35. The number of hydrogen-bond acceptors (Lipinski definition) is 6. The van der Waals surface area contributed by atoms with Crippen LogP contribution in [0, 0.1) is 0 Å². The van der Waals surface area contributed by atoms with E-state index in [1.165, 1.54) is 6.33 Å². The van der Waals surface area contributed by atoms with Crippen LogP contribution in [0.5, 0.6) is 0 Å². The van der Waals surface area contributed by atoms with Crippen LogP contribution in [0.25, 0.3) is 0 Å². The zero-order chi connectivity index (χ0) is 21.8. The Morgan fingerprint density at radius 1 is 1.41 bits per heavy atom. The number of piperazine rings is 1. The van der Waals surface area contributed by atoms with Gasteiger partial charge in [-0.15, -0.1) is 6.58 Å². The first kappa shape index (κ1) is 23.3. The minimum atomic E-state index is -5.08. The summed E-state index contributed by atoms with van der Waals surface area (Å²) < 4.78 is 65.9. The number of ether oxygens (including phenoxy) is 1. The number of aromatic nitrogens is 2. The summed E-state index contributed by atoms with van der Waals surface area (Å²) in [6.07, 6.45) is 0.752. The van der Waals surface area contributed by atoms with Crippen molar-refractivity contribution in [1.82, 2.24) is 18.8 Å². The molecule has 2 aliphatic rings. The standard InChI is InChI=1S/C14H22N4O3S.C2HF3O2/c1-3-6-21-13-7-12-8-18(5-4-17(12)9-13)22(19,20)14-10-16(2)11-15-14;3-2(4,5)1(6)7/h3,10-13H,1,4-9H2,2H3;(H,6,7)/t12-,13+;/m0./s1. The van der Waals surface area contributed by atoms with Gasteiger partial charge in [0.25, 0.3) is 10.0 Å². The number of aliphatic carboxylic acids is 1. The lowest BCUT2D eigenvalue weighted by molar-refractivity contribution is -0.192. The van der Waals surface area contributed by atoms with Crippen LogP contribution >= 0.6 is 0 Å². The molecule has 1 aromatic rings. The number of halogens is 3. The Morgan fingerprint density at radius 2 is 2.07 bits per heavy atom. The second-order valence-corrected chi connectivity index (χ2v) is 8.56. The van der Waals surface area contributed by atoms with Gasteiger partial charge in [-0.1, -0.05) is 6.08 Å².